The Morgan fingerprint density at radius 3 is 2.75 bits per heavy atom. The minimum atomic E-state index is -0.153. The van der Waals surface area contributed by atoms with Gasteiger partial charge in [-0.2, -0.15) is 4.98 Å². The third-order valence-corrected chi connectivity index (χ3v) is 6.20. The van der Waals surface area contributed by atoms with Gasteiger partial charge in [-0.1, -0.05) is 18.1 Å². The molecule has 1 aliphatic heterocycles. The summed E-state index contributed by atoms with van der Waals surface area (Å²) in [5.74, 6) is 0.800. The number of fused-ring (bicyclic) bond motifs is 1. The van der Waals surface area contributed by atoms with E-state index in [4.69, 9.17) is 4.52 Å². The summed E-state index contributed by atoms with van der Waals surface area (Å²) < 4.78 is 7.27. The lowest BCUT2D eigenvalue weighted by molar-refractivity contribution is -0.117. The predicted octanol–water partition coefficient (Wildman–Crippen LogP) is 3.93. The number of amides is 1. The summed E-state index contributed by atoms with van der Waals surface area (Å²) in [6.45, 7) is 7.31. The summed E-state index contributed by atoms with van der Waals surface area (Å²) in [5, 5.41) is 4.14. The number of rotatable bonds is 5. The zero-order valence-corrected chi connectivity index (χ0v) is 18.4. The van der Waals surface area contributed by atoms with Gasteiger partial charge in [-0.15, -0.1) is 0 Å². The van der Waals surface area contributed by atoms with Crippen LogP contribution in [0.5, 0.6) is 0 Å². The average molecular weight is 431 g/mol. The molecule has 8 heteroatoms. The number of aromatic nitrogens is 4. The lowest BCUT2D eigenvalue weighted by Crippen LogP contribution is -2.24. The fourth-order valence-electron chi connectivity index (χ4n) is 4.28. The summed E-state index contributed by atoms with van der Waals surface area (Å²) in [7, 11) is 0. The van der Waals surface area contributed by atoms with E-state index in [9.17, 15) is 9.59 Å². The van der Waals surface area contributed by atoms with Crippen LogP contribution in [0.4, 0.5) is 5.69 Å². The van der Waals surface area contributed by atoms with E-state index in [2.05, 4.69) is 22.0 Å². The highest BCUT2D eigenvalue weighted by Crippen LogP contribution is 2.33. The van der Waals surface area contributed by atoms with Crippen molar-refractivity contribution in [3.05, 3.63) is 63.9 Å². The molecule has 0 radical (unpaired) electrons. The third kappa shape index (κ3) is 3.41. The van der Waals surface area contributed by atoms with Crippen LogP contribution >= 0.6 is 0 Å². The van der Waals surface area contributed by atoms with Gasteiger partial charge in [-0.3, -0.25) is 9.36 Å². The Balaban J connectivity index is 1.39. The molecule has 1 aliphatic rings. The van der Waals surface area contributed by atoms with Crippen LogP contribution in [0.15, 0.2) is 45.7 Å². The molecule has 2 aromatic heterocycles. The Labute approximate surface area is 184 Å². The molecule has 0 bridgehead atoms. The molecule has 4 aromatic rings. The van der Waals surface area contributed by atoms with E-state index >= 15 is 0 Å². The molecule has 1 N–H and O–H groups in total. The Hall–Kier alpha value is -3.68. The maximum atomic E-state index is 12.7. The minimum absolute atomic E-state index is 0.0502. The van der Waals surface area contributed by atoms with Gasteiger partial charge < -0.3 is 14.4 Å². The van der Waals surface area contributed by atoms with Crippen molar-refractivity contribution in [3.63, 3.8) is 0 Å². The number of H-pyrrole nitrogens is 1. The van der Waals surface area contributed by atoms with Gasteiger partial charge in [-0.05, 0) is 61.7 Å². The molecule has 1 fully saturated rings. The van der Waals surface area contributed by atoms with E-state index in [0.717, 1.165) is 34.3 Å². The molecule has 1 atom stereocenters. The molecule has 1 unspecified atom stereocenters. The molecule has 5 rings (SSSR count). The predicted molar refractivity (Wildman–Crippen MR) is 122 cm³/mol. The van der Waals surface area contributed by atoms with Gasteiger partial charge >= 0.3 is 5.69 Å². The fraction of sp³-hybridized carbons (Fsp3) is 0.333. The summed E-state index contributed by atoms with van der Waals surface area (Å²) in [6.07, 6.45) is 1.21. The van der Waals surface area contributed by atoms with Gasteiger partial charge in [0, 0.05) is 30.8 Å². The van der Waals surface area contributed by atoms with Crippen LogP contribution < -0.4 is 10.6 Å². The molecule has 32 heavy (non-hydrogen) atoms. The first-order valence-electron chi connectivity index (χ1n) is 10.9. The minimum Gasteiger partial charge on any atom is -0.339 e. The van der Waals surface area contributed by atoms with Crippen LogP contribution in [0.2, 0.25) is 0 Å². The van der Waals surface area contributed by atoms with Crippen LogP contribution in [0.25, 0.3) is 22.4 Å². The lowest BCUT2D eigenvalue weighted by Gasteiger charge is -2.17. The zero-order chi connectivity index (χ0) is 22.4. The number of nitrogens with one attached hydrogen (secondary N) is 1. The van der Waals surface area contributed by atoms with Gasteiger partial charge in [-0.25, -0.2) is 4.79 Å². The molecule has 0 spiro atoms. The molecule has 1 amide bonds. The van der Waals surface area contributed by atoms with Crippen molar-refractivity contribution >= 4 is 22.6 Å². The monoisotopic (exact) mass is 431 g/mol. The maximum absolute atomic E-state index is 12.7. The second-order valence-corrected chi connectivity index (χ2v) is 8.44. The highest BCUT2D eigenvalue weighted by Gasteiger charge is 2.35. The van der Waals surface area contributed by atoms with Crippen molar-refractivity contribution in [3.8, 4) is 11.4 Å². The molecule has 0 aliphatic carbocycles. The van der Waals surface area contributed by atoms with E-state index in [0.29, 0.717) is 31.2 Å². The Morgan fingerprint density at radius 2 is 1.97 bits per heavy atom. The van der Waals surface area contributed by atoms with Crippen molar-refractivity contribution in [1.29, 1.82) is 0 Å². The Morgan fingerprint density at radius 1 is 1.12 bits per heavy atom. The Kier molecular flexibility index (Phi) is 4.92. The maximum Gasteiger partial charge on any atom is 0.326 e. The number of anilines is 1. The Bertz CT molecular complexity index is 1380. The van der Waals surface area contributed by atoms with Crippen LogP contribution in [-0.2, 0) is 11.3 Å². The second-order valence-electron chi connectivity index (χ2n) is 8.44. The van der Waals surface area contributed by atoms with Crippen molar-refractivity contribution in [2.75, 3.05) is 11.4 Å². The zero-order valence-electron chi connectivity index (χ0n) is 18.4. The molecule has 2 aromatic carbocycles. The third-order valence-electron chi connectivity index (χ3n) is 6.20. The first-order chi connectivity index (χ1) is 15.4. The van der Waals surface area contributed by atoms with E-state index in [1.807, 2.05) is 50.2 Å². The first-order valence-corrected chi connectivity index (χ1v) is 10.9. The van der Waals surface area contributed by atoms with Crippen molar-refractivity contribution < 1.29 is 9.32 Å². The number of hydrogen-bond donors (Lipinski definition) is 1. The van der Waals surface area contributed by atoms with E-state index in [-0.39, 0.29) is 17.5 Å². The summed E-state index contributed by atoms with van der Waals surface area (Å²) in [4.78, 5) is 34.1. The number of imidazole rings is 1. The molecule has 3 heterocycles. The van der Waals surface area contributed by atoms with Crippen LogP contribution in [0.1, 0.15) is 42.7 Å². The van der Waals surface area contributed by atoms with E-state index in [1.54, 1.807) is 9.47 Å². The molecule has 8 nitrogen and oxygen atoms in total. The standard InChI is InChI=1S/C24H25N5O3/c1-4-9-28-20-8-6-16(11-19(20)25-24(28)31)22-26-23(32-27-22)17-12-21(30)29(13-17)18-7-5-14(2)15(3)10-18/h5-8,10-11,17H,4,9,12-13H2,1-3H3,(H,25,31). The van der Waals surface area contributed by atoms with E-state index in [1.165, 1.54) is 5.56 Å². The van der Waals surface area contributed by atoms with Gasteiger partial charge in [0.2, 0.25) is 17.6 Å². The highest BCUT2D eigenvalue weighted by molar-refractivity contribution is 5.96. The van der Waals surface area contributed by atoms with Crippen molar-refractivity contribution in [2.45, 2.75) is 46.1 Å². The number of carbonyl (C=O) groups excluding carboxylic acids is 1. The number of aromatic amines is 1. The number of nitrogens with zero attached hydrogens (tertiary/aromatic N) is 4. The molecule has 1 saturated heterocycles. The molecule has 164 valence electrons. The van der Waals surface area contributed by atoms with Gasteiger partial charge in [0.15, 0.2) is 0 Å². The summed E-state index contributed by atoms with van der Waals surface area (Å²) in [5.41, 5.74) is 5.48. The number of aryl methyl sites for hydroxylation is 3. The largest absolute Gasteiger partial charge is 0.339 e. The normalized spacial score (nSPS) is 16.4. The molecule has 0 saturated carbocycles. The van der Waals surface area contributed by atoms with Crippen LogP contribution in [-0.4, -0.2) is 32.1 Å². The lowest BCUT2D eigenvalue weighted by atomic mass is 10.1. The summed E-state index contributed by atoms with van der Waals surface area (Å²) >= 11 is 0. The topological polar surface area (TPSA) is 97.0 Å². The average Bonchev–Trinajstić information content (AvgIpc) is 3.48. The first kappa shape index (κ1) is 20.2. The smallest absolute Gasteiger partial charge is 0.326 e. The van der Waals surface area contributed by atoms with Crippen LogP contribution in [0.3, 0.4) is 0 Å². The summed E-state index contributed by atoms with van der Waals surface area (Å²) in [6, 6.07) is 11.7. The van der Waals surface area contributed by atoms with Gasteiger partial charge in [0.25, 0.3) is 0 Å². The number of hydrogen-bond acceptors (Lipinski definition) is 5. The number of carbonyl (C=O) groups is 1. The quantitative estimate of drug-likeness (QED) is 0.516. The SMILES string of the molecule is CCCn1c(=O)[nH]c2cc(-c3noc(C4CC(=O)N(c5ccc(C)c(C)c5)C4)n3)ccc21. The van der Waals surface area contributed by atoms with Crippen molar-refractivity contribution in [2.24, 2.45) is 0 Å². The fourth-order valence-corrected chi connectivity index (χ4v) is 4.28. The van der Waals surface area contributed by atoms with Gasteiger partial charge in [0.05, 0.1) is 17.0 Å². The molecular weight excluding hydrogens is 406 g/mol. The highest BCUT2D eigenvalue weighted by atomic mass is 16.5. The van der Waals surface area contributed by atoms with E-state index < -0.39 is 0 Å². The second kappa shape index (κ2) is 7.78. The van der Waals surface area contributed by atoms with Gasteiger partial charge in [0.1, 0.15) is 0 Å². The van der Waals surface area contributed by atoms with Crippen molar-refractivity contribution in [1.82, 2.24) is 19.7 Å². The molecular formula is C24H25N5O3. The number of benzene rings is 2. The van der Waals surface area contributed by atoms with Crippen LogP contribution in [0, 0.1) is 13.8 Å².